The van der Waals surface area contributed by atoms with Crippen molar-refractivity contribution in [3.05, 3.63) is 64.1 Å². The van der Waals surface area contributed by atoms with Gasteiger partial charge in [0.1, 0.15) is 4.99 Å². The van der Waals surface area contributed by atoms with Crippen molar-refractivity contribution in [2.75, 3.05) is 5.32 Å². The SMILES string of the molecule is NC(=S)c1ccc(NCc2ccccc2Br)cc1. The number of benzene rings is 2. The summed E-state index contributed by atoms with van der Waals surface area (Å²) < 4.78 is 1.11. The average molecular weight is 321 g/mol. The van der Waals surface area contributed by atoms with Gasteiger partial charge in [-0.05, 0) is 35.9 Å². The molecule has 2 aromatic carbocycles. The van der Waals surface area contributed by atoms with Gasteiger partial charge in [0.05, 0.1) is 0 Å². The van der Waals surface area contributed by atoms with E-state index in [2.05, 4.69) is 27.3 Å². The van der Waals surface area contributed by atoms with Crippen LogP contribution in [-0.4, -0.2) is 4.99 Å². The number of hydrogen-bond donors (Lipinski definition) is 2. The molecular formula is C14H13BrN2S. The van der Waals surface area contributed by atoms with Gasteiger partial charge in [0.25, 0.3) is 0 Å². The molecule has 3 N–H and O–H groups in total. The molecule has 0 saturated carbocycles. The number of hydrogen-bond acceptors (Lipinski definition) is 2. The van der Waals surface area contributed by atoms with Crippen LogP contribution >= 0.6 is 28.1 Å². The third-order valence-corrected chi connectivity index (χ3v) is 3.62. The molecule has 0 atom stereocenters. The molecule has 2 rings (SSSR count). The van der Waals surface area contributed by atoms with Crippen LogP contribution in [0.15, 0.2) is 53.0 Å². The van der Waals surface area contributed by atoms with Crippen molar-refractivity contribution in [1.82, 2.24) is 0 Å². The third kappa shape index (κ3) is 3.31. The molecule has 4 heteroatoms. The van der Waals surface area contributed by atoms with Gasteiger partial charge >= 0.3 is 0 Å². The van der Waals surface area contributed by atoms with E-state index in [4.69, 9.17) is 18.0 Å². The van der Waals surface area contributed by atoms with E-state index >= 15 is 0 Å². The number of rotatable bonds is 4. The summed E-state index contributed by atoms with van der Waals surface area (Å²) in [5.41, 5.74) is 8.70. The van der Waals surface area contributed by atoms with Gasteiger partial charge in [-0.15, -0.1) is 0 Å². The van der Waals surface area contributed by atoms with Gasteiger partial charge < -0.3 is 11.1 Å². The van der Waals surface area contributed by atoms with Gasteiger partial charge in [-0.2, -0.15) is 0 Å². The summed E-state index contributed by atoms with van der Waals surface area (Å²) in [6.07, 6.45) is 0. The Morgan fingerprint density at radius 2 is 1.78 bits per heavy atom. The Morgan fingerprint density at radius 3 is 2.39 bits per heavy atom. The van der Waals surface area contributed by atoms with Gasteiger partial charge in [-0.3, -0.25) is 0 Å². The average Bonchev–Trinajstić information content (AvgIpc) is 2.38. The molecule has 0 aromatic heterocycles. The van der Waals surface area contributed by atoms with Crippen LogP contribution in [0.4, 0.5) is 5.69 Å². The Balaban J connectivity index is 2.02. The van der Waals surface area contributed by atoms with Gasteiger partial charge in [0.15, 0.2) is 0 Å². The summed E-state index contributed by atoms with van der Waals surface area (Å²) in [4.78, 5) is 0.423. The lowest BCUT2D eigenvalue weighted by molar-refractivity contribution is 1.14. The first-order valence-corrected chi connectivity index (χ1v) is 6.74. The van der Waals surface area contributed by atoms with Crippen molar-refractivity contribution in [2.45, 2.75) is 6.54 Å². The Bertz CT molecular complexity index is 552. The van der Waals surface area contributed by atoms with Crippen LogP contribution in [0.2, 0.25) is 0 Å². The topological polar surface area (TPSA) is 38.0 Å². The van der Waals surface area contributed by atoms with Gasteiger partial charge in [-0.25, -0.2) is 0 Å². The predicted molar refractivity (Wildman–Crippen MR) is 83.8 cm³/mol. The lowest BCUT2D eigenvalue weighted by Crippen LogP contribution is -2.09. The van der Waals surface area contributed by atoms with E-state index in [1.807, 2.05) is 42.5 Å². The van der Waals surface area contributed by atoms with E-state index in [9.17, 15) is 0 Å². The van der Waals surface area contributed by atoms with Crippen LogP contribution < -0.4 is 11.1 Å². The first kappa shape index (κ1) is 13.1. The van der Waals surface area contributed by atoms with E-state index in [1.165, 1.54) is 5.56 Å². The molecule has 0 aliphatic rings. The first-order chi connectivity index (χ1) is 8.66. The fourth-order valence-electron chi connectivity index (χ4n) is 1.59. The molecule has 2 nitrogen and oxygen atoms in total. The van der Waals surface area contributed by atoms with Crippen molar-refractivity contribution in [3.63, 3.8) is 0 Å². The van der Waals surface area contributed by atoms with Gasteiger partial charge in [-0.1, -0.05) is 46.3 Å². The van der Waals surface area contributed by atoms with Crippen LogP contribution in [0, 0.1) is 0 Å². The van der Waals surface area contributed by atoms with Crippen molar-refractivity contribution < 1.29 is 0 Å². The molecule has 0 fully saturated rings. The molecule has 0 aliphatic heterocycles. The zero-order chi connectivity index (χ0) is 13.0. The molecule has 2 aromatic rings. The van der Waals surface area contributed by atoms with Crippen LogP contribution in [0.25, 0.3) is 0 Å². The van der Waals surface area contributed by atoms with Crippen LogP contribution in [0.3, 0.4) is 0 Å². The van der Waals surface area contributed by atoms with E-state index in [0.717, 1.165) is 22.3 Å². The molecule has 0 unspecified atom stereocenters. The molecule has 0 bridgehead atoms. The number of nitrogens with two attached hydrogens (primary N) is 1. The maximum atomic E-state index is 5.55. The molecule has 0 amide bonds. The summed E-state index contributed by atoms with van der Waals surface area (Å²) in [7, 11) is 0. The van der Waals surface area contributed by atoms with E-state index in [1.54, 1.807) is 0 Å². The van der Waals surface area contributed by atoms with Crippen LogP contribution in [-0.2, 0) is 6.54 Å². The second kappa shape index (κ2) is 5.98. The predicted octanol–water partition coefficient (Wildman–Crippen LogP) is 3.70. The Kier molecular flexibility index (Phi) is 4.33. The van der Waals surface area contributed by atoms with E-state index < -0.39 is 0 Å². The number of anilines is 1. The highest BCUT2D eigenvalue weighted by Gasteiger charge is 1.99. The molecule has 0 aliphatic carbocycles. The lowest BCUT2D eigenvalue weighted by Gasteiger charge is -2.08. The van der Waals surface area contributed by atoms with Crippen LogP contribution in [0.5, 0.6) is 0 Å². The first-order valence-electron chi connectivity index (χ1n) is 5.54. The third-order valence-electron chi connectivity index (χ3n) is 2.61. The Labute approximate surface area is 120 Å². The normalized spacial score (nSPS) is 10.1. The smallest absolute Gasteiger partial charge is 0.103 e. The van der Waals surface area contributed by atoms with E-state index in [0.29, 0.717) is 4.99 Å². The summed E-state index contributed by atoms with van der Waals surface area (Å²) >= 11 is 8.44. The summed E-state index contributed by atoms with van der Waals surface area (Å²) in [5, 5.41) is 3.35. The Hall–Kier alpha value is -1.39. The number of thiocarbonyl (C=S) groups is 1. The summed E-state index contributed by atoms with van der Waals surface area (Å²) in [6.45, 7) is 0.772. The number of nitrogens with one attached hydrogen (secondary N) is 1. The zero-order valence-electron chi connectivity index (χ0n) is 9.69. The quantitative estimate of drug-likeness (QED) is 0.844. The molecule has 0 radical (unpaired) electrons. The maximum Gasteiger partial charge on any atom is 0.103 e. The Morgan fingerprint density at radius 1 is 1.11 bits per heavy atom. The minimum absolute atomic E-state index is 0.423. The molecule has 0 saturated heterocycles. The summed E-state index contributed by atoms with van der Waals surface area (Å²) in [5.74, 6) is 0. The monoisotopic (exact) mass is 320 g/mol. The lowest BCUT2D eigenvalue weighted by atomic mass is 10.2. The van der Waals surface area contributed by atoms with Crippen LogP contribution in [0.1, 0.15) is 11.1 Å². The summed E-state index contributed by atoms with van der Waals surface area (Å²) in [6, 6.07) is 15.9. The fraction of sp³-hybridized carbons (Fsp3) is 0.0714. The molecule has 0 heterocycles. The largest absolute Gasteiger partial charge is 0.389 e. The van der Waals surface area contributed by atoms with E-state index in [-0.39, 0.29) is 0 Å². The fourth-order valence-corrected chi connectivity index (χ4v) is 2.15. The second-order valence-electron chi connectivity index (χ2n) is 3.89. The van der Waals surface area contributed by atoms with Crippen molar-refractivity contribution in [3.8, 4) is 0 Å². The van der Waals surface area contributed by atoms with Crippen molar-refractivity contribution in [1.29, 1.82) is 0 Å². The molecule has 92 valence electrons. The zero-order valence-corrected chi connectivity index (χ0v) is 12.1. The van der Waals surface area contributed by atoms with Crippen molar-refractivity contribution >= 4 is 38.8 Å². The second-order valence-corrected chi connectivity index (χ2v) is 5.18. The minimum atomic E-state index is 0.423. The highest BCUT2D eigenvalue weighted by Crippen LogP contribution is 2.18. The highest BCUT2D eigenvalue weighted by molar-refractivity contribution is 9.10. The standard InChI is InChI=1S/C14H13BrN2S/c15-13-4-2-1-3-11(13)9-17-12-7-5-10(6-8-12)14(16)18/h1-8,17H,9H2,(H2,16,18). The van der Waals surface area contributed by atoms with Gasteiger partial charge in [0.2, 0.25) is 0 Å². The molecule has 18 heavy (non-hydrogen) atoms. The minimum Gasteiger partial charge on any atom is -0.389 e. The van der Waals surface area contributed by atoms with Crippen molar-refractivity contribution in [2.24, 2.45) is 5.73 Å². The van der Waals surface area contributed by atoms with Gasteiger partial charge in [0, 0.05) is 22.3 Å². The number of halogens is 1. The molecule has 0 spiro atoms. The highest BCUT2D eigenvalue weighted by atomic mass is 79.9. The molecular weight excluding hydrogens is 308 g/mol. The maximum absolute atomic E-state index is 5.55.